The Balaban J connectivity index is 3.03. The van der Waals surface area contributed by atoms with Crippen LogP contribution in [0.4, 0.5) is 4.39 Å². The van der Waals surface area contributed by atoms with Gasteiger partial charge in [0.25, 0.3) is 0 Å². The number of alkyl halides is 1. The predicted molar refractivity (Wildman–Crippen MR) is 125 cm³/mol. The lowest BCUT2D eigenvalue weighted by Gasteiger charge is -2.36. The zero-order valence-electron chi connectivity index (χ0n) is 19.4. The van der Waals surface area contributed by atoms with E-state index >= 15 is 0 Å². The van der Waals surface area contributed by atoms with E-state index in [-0.39, 0.29) is 36.4 Å². The largest absolute Gasteiger partial charge is 0.389 e. The highest BCUT2D eigenvalue weighted by Crippen LogP contribution is 2.30. The molecule has 0 saturated heterocycles. The molecule has 31 heavy (non-hydrogen) atoms. The van der Waals surface area contributed by atoms with Crippen molar-refractivity contribution < 1.29 is 9.18 Å². The van der Waals surface area contributed by atoms with Crippen LogP contribution in [0.5, 0.6) is 0 Å². The van der Waals surface area contributed by atoms with Gasteiger partial charge in [-0.25, -0.2) is 4.39 Å². The molecule has 178 valence electrons. The summed E-state index contributed by atoms with van der Waals surface area (Å²) in [7, 11) is 1.91. The van der Waals surface area contributed by atoms with Gasteiger partial charge < -0.3 is 37.7 Å². The highest BCUT2D eigenvalue weighted by atomic mass is 19.1. The molecular weight excluding hydrogens is 397 g/mol. The van der Waals surface area contributed by atoms with E-state index in [0.29, 0.717) is 12.8 Å². The molecule has 9 heteroatoms. The number of allylic oxidation sites excluding steroid dienone is 1. The van der Waals surface area contributed by atoms with E-state index in [1.54, 1.807) is 6.92 Å². The predicted octanol–water partition coefficient (Wildman–Crippen LogP) is 1.18. The number of amides is 1. The van der Waals surface area contributed by atoms with Crippen molar-refractivity contribution in [2.75, 3.05) is 20.1 Å². The first-order valence-electron chi connectivity index (χ1n) is 11.2. The standard InChI is InChI=1S/C22H42FN7O/c1-6-16(23)12-29-15(4)20(21(25)28-7-2)22(31)30-19-13-27-11-9-18(19)17(8-10-24)14(3)26-5/h7,10,13-18,20-21,24,26-29H,2,6,8-9,11-12,25H2,1,3-5H3,(H,30,31). The van der Waals surface area contributed by atoms with Crippen LogP contribution >= 0.6 is 0 Å². The lowest BCUT2D eigenvalue weighted by Crippen LogP contribution is -2.57. The van der Waals surface area contributed by atoms with Crippen molar-refractivity contribution in [2.24, 2.45) is 23.5 Å². The molecule has 0 aromatic heterocycles. The van der Waals surface area contributed by atoms with Crippen molar-refractivity contribution in [1.29, 1.82) is 5.41 Å². The third kappa shape index (κ3) is 8.23. The number of nitrogens with two attached hydrogens (primary N) is 1. The van der Waals surface area contributed by atoms with Crippen LogP contribution in [-0.4, -0.2) is 56.7 Å². The summed E-state index contributed by atoms with van der Waals surface area (Å²) in [6.45, 7) is 10.3. The summed E-state index contributed by atoms with van der Waals surface area (Å²) in [5.74, 6) is -0.619. The number of halogens is 1. The maximum Gasteiger partial charge on any atom is 0.232 e. The molecule has 0 radical (unpaired) electrons. The molecule has 1 heterocycles. The summed E-state index contributed by atoms with van der Waals surface area (Å²) >= 11 is 0. The fourth-order valence-electron chi connectivity index (χ4n) is 4.08. The van der Waals surface area contributed by atoms with Gasteiger partial charge in [-0.2, -0.15) is 0 Å². The van der Waals surface area contributed by atoms with Crippen molar-refractivity contribution in [2.45, 2.75) is 64.5 Å². The molecule has 8 N–H and O–H groups in total. The Morgan fingerprint density at radius 1 is 1.45 bits per heavy atom. The number of nitrogens with one attached hydrogen (secondary N) is 6. The van der Waals surface area contributed by atoms with Gasteiger partial charge in [0.15, 0.2) is 0 Å². The van der Waals surface area contributed by atoms with Crippen molar-refractivity contribution >= 4 is 12.1 Å². The summed E-state index contributed by atoms with van der Waals surface area (Å²) in [5.41, 5.74) is 7.03. The molecule has 0 fully saturated rings. The second-order valence-corrected chi connectivity index (χ2v) is 8.24. The summed E-state index contributed by atoms with van der Waals surface area (Å²) < 4.78 is 13.7. The number of carbonyl (C=O) groups excluding carboxylic acids is 1. The molecule has 0 bridgehead atoms. The van der Waals surface area contributed by atoms with Crippen LogP contribution in [0, 0.1) is 23.2 Å². The number of rotatable bonds is 15. The molecule has 0 spiro atoms. The minimum atomic E-state index is -0.978. The number of carbonyl (C=O) groups is 1. The lowest BCUT2D eigenvalue weighted by molar-refractivity contribution is -0.126. The molecule has 0 aliphatic carbocycles. The van der Waals surface area contributed by atoms with Gasteiger partial charge in [-0.3, -0.25) is 4.79 Å². The monoisotopic (exact) mass is 439 g/mol. The second kappa shape index (κ2) is 14.2. The summed E-state index contributed by atoms with van der Waals surface area (Å²) in [5, 5.41) is 23.2. The minimum absolute atomic E-state index is 0.0945. The molecule has 1 amide bonds. The highest BCUT2D eigenvalue weighted by molar-refractivity contribution is 5.82. The summed E-state index contributed by atoms with van der Waals surface area (Å²) in [6, 6.07) is -0.168. The molecule has 1 rings (SSSR count). The van der Waals surface area contributed by atoms with Crippen LogP contribution in [0.3, 0.4) is 0 Å². The third-order valence-corrected chi connectivity index (χ3v) is 6.17. The first-order chi connectivity index (χ1) is 14.8. The Morgan fingerprint density at radius 2 is 2.16 bits per heavy atom. The minimum Gasteiger partial charge on any atom is -0.389 e. The molecule has 1 aliphatic rings. The zero-order chi connectivity index (χ0) is 23.4. The van der Waals surface area contributed by atoms with Gasteiger partial charge in [0.05, 0.1) is 12.1 Å². The fourth-order valence-corrected chi connectivity index (χ4v) is 4.08. The van der Waals surface area contributed by atoms with E-state index < -0.39 is 18.3 Å². The molecule has 8 nitrogen and oxygen atoms in total. The molecule has 7 atom stereocenters. The van der Waals surface area contributed by atoms with Crippen LogP contribution < -0.4 is 32.3 Å². The van der Waals surface area contributed by atoms with Crippen LogP contribution in [-0.2, 0) is 4.79 Å². The van der Waals surface area contributed by atoms with Gasteiger partial charge in [-0.1, -0.05) is 13.5 Å². The van der Waals surface area contributed by atoms with Crippen molar-refractivity contribution in [1.82, 2.24) is 26.6 Å². The Hall–Kier alpha value is -1.97. The normalized spacial score (nSPS) is 22.0. The third-order valence-electron chi connectivity index (χ3n) is 6.17. The molecule has 0 aromatic rings. The fraction of sp³-hybridized carbons (Fsp3) is 0.727. The highest BCUT2D eigenvalue weighted by Gasteiger charge is 2.35. The first kappa shape index (κ1) is 27.1. The van der Waals surface area contributed by atoms with Crippen LogP contribution in [0.15, 0.2) is 24.7 Å². The molecule has 0 aromatic carbocycles. The van der Waals surface area contributed by atoms with Crippen LogP contribution in [0.2, 0.25) is 0 Å². The van der Waals surface area contributed by atoms with Gasteiger partial charge in [-0.05, 0) is 58.5 Å². The van der Waals surface area contributed by atoms with Gasteiger partial charge in [0, 0.05) is 43.0 Å². The quantitative estimate of drug-likeness (QED) is 0.152. The zero-order valence-corrected chi connectivity index (χ0v) is 19.4. The smallest absolute Gasteiger partial charge is 0.232 e. The average molecular weight is 440 g/mol. The van der Waals surface area contributed by atoms with Crippen molar-refractivity contribution in [3.63, 3.8) is 0 Å². The van der Waals surface area contributed by atoms with E-state index in [2.05, 4.69) is 40.1 Å². The summed E-state index contributed by atoms with van der Waals surface area (Å²) in [4.78, 5) is 13.3. The first-order valence-corrected chi connectivity index (χ1v) is 11.2. The Bertz CT molecular complexity index is 600. The van der Waals surface area contributed by atoms with E-state index in [1.807, 2.05) is 20.2 Å². The van der Waals surface area contributed by atoms with Gasteiger partial charge in [-0.15, -0.1) is 0 Å². The molecule has 1 aliphatic heterocycles. The van der Waals surface area contributed by atoms with Crippen LogP contribution in [0.25, 0.3) is 0 Å². The average Bonchev–Trinajstić information content (AvgIpc) is 2.76. The van der Waals surface area contributed by atoms with Gasteiger partial charge >= 0.3 is 0 Å². The Kier molecular flexibility index (Phi) is 12.4. The molecule has 7 unspecified atom stereocenters. The summed E-state index contributed by atoms with van der Waals surface area (Å²) in [6.07, 6.45) is 4.96. The van der Waals surface area contributed by atoms with Crippen molar-refractivity contribution in [3.8, 4) is 0 Å². The lowest BCUT2D eigenvalue weighted by atomic mass is 9.79. The Morgan fingerprint density at radius 3 is 2.74 bits per heavy atom. The van der Waals surface area contributed by atoms with E-state index in [0.717, 1.165) is 18.7 Å². The SMILES string of the molecule is C=CNC(N)C(C(=O)NC1=CNCCC1C(CC=N)C(C)NC)C(C)NCC(F)CC. The van der Waals surface area contributed by atoms with Gasteiger partial charge in [0.2, 0.25) is 5.91 Å². The van der Waals surface area contributed by atoms with E-state index in [4.69, 9.17) is 11.1 Å². The maximum atomic E-state index is 13.7. The van der Waals surface area contributed by atoms with Crippen LogP contribution in [0.1, 0.15) is 40.0 Å². The topological polar surface area (TPSA) is 127 Å². The maximum absolute atomic E-state index is 13.7. The Labute approximate surface area is 186 Å². The van der Waals surface area contributed by atoms with Crippen molar-refractivity contribution in [3.05, 3.63) is 24.7 Å². The molecule has 0 saturated carbocycles. The molecular formula is C22H42FN7O. The van der Waals surface area contributed by atoms with Gasteiger partial charge in [0.1, 0.15) is 6.17 Å². The second-order valence-electron chi connectivity index (χ2n) is 8.24. The number of hydrogen-bond acceptors (Lipinski definition) is 7. The number of hydrogen-bond donors (Lipinski definition) is 7. The van der Waals surface area contributed by atoms with E-state index in [1.165, 1.54) is 12.4 Å². The van der Waals surface area contributed by atoms with E-state index in [9.17, 15) is 9.18 Å².